The summed E-state index contributed by atoms with van der Waals surface area (Å²) in [6.07, 6.45) is 6.59. The molecule has 1 N–H and O–H groups in total. The number of aryl methyl sites for hydroxylation is 1. The second-order valence-corrected chi connectivity index (χ2v) is 7.25. The number of hydrogen-bond acceptors (Lipinski definition) is 5. The molecule has 0 bridgehead atoms. The standard InChI is InChI=1S/C22H31NO5/c1-6-7-16-12-15(2)18(19(13-16)27-4)14-20(24)23-22(21(25)28-5)10-8-17(26-3)9-11-22/h6-7,12-13,17H,8-11,14H2,1-5H3,(H,23,24)/b7-6+. The van der Waals surface area contributed by atoms with Crippen molar-refractivity contribution in [1.29, 1.82) is 0 Å². The van der Waals surface area contributed by atoms with Crippen LogP contribution >= 0.6 is 0 Å². The number of rotatable bonds is 7. The van der Waals surface area contributed by atoms with Gasteiger partial charge >= 0.3 is 5.97 Å². The molecule has 6 heteroatoms. The minimum atomic E-state index is -0.993. The second-order valence-electron chi connectivity index (χ2n) is 7.25. The molecule has 2 rings (SSSR count). The summed E-state index contributed by atoms with van der Waals surface area (Å²) in [4.78, 5) is 25.3. The van der Waals surface area contributed by atoms with Gasteiger partial charge in [-0.1, -0.05) is 18.2 Å². The number of esters is 1. The van der Waals surface area contributed by atoms with Crippen molar-refractivity contribution in [3.05, 3.63) is 34.9 Å². The Labute approximate surface area is 167 Å². The zero-order valence-electron chi connectivity index (χ0n) is 17.5. The predicted molar refractivity (Wildman–Crippen MR) is 108 cm³/mol. The van der Waals surface area contributed by atoms with E-state index in [0.717, 1.165) is 16.7 Å². The molecule has 0 aliphatic heterocycles. The van der Waals surface area contributed by atoms with Crippen LogP contribution in [0.3, 0.4) is 0 Å². The summed E-state index contributed by atoms with van der Waals surface area (Å²) < 4.78 is 15.9. The van der Waals surface area contributed by atoms with Crippen LogP contribution in [0.25, 0.3) is 6.08 Å². The van der Waals surface area contributed by atoms with Crippen LogP contribution in [0, 0.1) is 6.92 Å². The van der Waals surface area contributed by atoms with Crippen molar-refractivity contribution in [1.82, 2.24) is 5.32 Å². The Morgan fingerprint density at radius 1 is 1.21 bits per heavy atom. The number of allylic oxidation sites excluding steroid dienone is 1. The average molecular weight is 389 g/mol. The van der Waals surface area contributed by atoms with Crippen molar-refractivity contribution in [2.24, 2.45) is 0 Å². The maximum absolute atomic E-state index is 12.9. The van der Waals surface area contributed by atoms with E-state index < -0.39 is 11.5 Å². The highest BCUT2D eigenvalue weighted by Gasteiger charge is 2.44. The Kier molecular flexibility index (Phi) is 7.63. The number of carbonyl (C=O) groups excluding carboxylic acids is 2. The molecule has 0 atom stereocenters. The van der Waals surface area contributed by atoms with Gasteiger partial charge in [0.05, 0.1) is 26.7 Å². The van der Waals surface area contributed by atoms with E-state index in [2.05, 4.69) is 5.32 Å². The molecule has 1 fully saturated rings. The summed E-state index contributed by atoms with van der Waals surface area (Å²) in [6.45, 7) is 3.91. The third kappa shape index (κ3) is 4.93. The molecule has 1 aliphatic rings. The highest BCUT2D eigenvalue weighted by Crippen LogP contribution is 2.32. The van der Waals surface area contributed by atoms with Crippen LogP contribution in [0.4, 0.5) is 0 Å². The van der Waals surface area contributed by atoms with E-state index in [1.54, 1.807) is 14.2 Å². The van der Waals surface area contributed by atoms with Gasteiger partial charge in [-0.2, -0.15) is 0 Å². The summed E-state index contributed by atoms with van der Waals surface area (Å²) in [5.41, 5.74) is 1.81. The summed E-state index contributed by atoms with van der Waals surface area (Å²) in [6, 6.07) is 3.93. The second kappa shape index (κ2) is 9.73. The van der Waals surface area contributed by atoms with Crippen LogP contribution in [0.2, 0.25) is 0 Å². The van der Waals surface area contributed by atoms with E-state index in [1.807, 2.05) is 38.1 Å². The minimum absolute atomic E-state index is 0.108. The minimum Gasteiger partial charge on any atom is -0.496 e. The highest BCUT2D eigenvalue weighted by atomic mass is 16.5. The first-order chi connectivity index (χ1) is 13.4. The fourth-order valence-electron chi connectivity index (χ4n) is 3.88. The normalized spacial score (nSPS) is 22.1. The van der Waals surface area contributed by atoms with Gasteiger partial charge in [0.1, 0.15) is 11.3 Å². The Morgan fingerprint density at radius 2 is 1.89 bits per heavy atom. The van der Waals surface area contributed by atoms with Gasteiger partial charge in [-0.25, -0.2) is 4.79 Å². The molecule has 1 aromatic rings. The van der Waals surface area contributed by atoms with E-state index in [1.165, 1.54) is 7.11 Å². The Hall–Kier alpha value is -2.34. The summed E-state index contributed by atoms with van der Waals surface area (Å²) in [7, 11) is 4.62. The van der Waals surface area contributed by atoms with Crippen molar-refractivity contribution in [3.63, 3.8) is 0 Å². The first-order valence-corrected chi connectivity index (χ1v) is 9.61. The fourth-order valence-corrected chi connectivity index (χ4v) is 3.88. The van der Waals surface area contributed by atoms with Gasteiger partial charge in [0.15, 0.2) is 0 Å². The van der Waals surface area contributed by atoms with Gasteiger partial charge in [0.25, 0.3) is 0 Å². The number of benzene rings is 1. The van der Waals surface area contributed by atoms with Gasteiger partial charge in [0, 0.05) is 12.7 Å². The van der Waals surface area contributed by atoms with Gasteiger partial charge in [-0.05, 0) is 56.7 Å². The van der Waals surface area contributed by atoms with E-state index in [4.69, 9.17) is 14.2 Å². The molecule has 1 aliphatic carbocycles. The Morgan fingerprint density at radius 3 is 2.43 bits per heavy atom. The van der Waals surface area contributed by atoms with Crippen LogP contribution in [0.1, 0.15) is 49.3 Å². The molecule has 0 unspecified atom stereocenters. The van der Waals surface area contributed by atoms with Crippen molar-refractivity contribution < 1.29 is 23.8 Å². The van der Waals surface area contributed by atoms with Crippen LogP contribution in [0.15, 0.2) is 18.2 Å². The van der Waals surface area contributed by atoms with Gasteiger partial charge in [-0.3, -0.25) is 4.79 Å². The monoisotopic (exact) mass is 389 g/mol. The van der Waals surface area contributed by atoms with Crippen LogP contribution in [0.5, 0.6) is 5.75 Å². The Balaban J connectivity index is 2.20. The lowest BCUT2D eigenvalue weighted by atomic mass is 9.80. The van der Waals surface area contributed by atoms with Gasteiger partial charge in [-0.15, -0.1) is 0 Å². The molecule has 1 aromatic carbocycles. The predicted octanol–water partition coefficient (Wildman–Crippen LogP) is 3.20. The molecule has 0 spiro atoms. The average Bonchev–Trinajstić information content (AvgIpc) is 2.69. The maximum atomic E-state index is 12.9. The number of amides is 1. The van der Waals surface area contributed by atoms with Crippen LogP contribution in [-0.2, 0) is 25.5 Å². The third-order valence-corrected chi connectivity index (χ3v) is 5.45. The topological polar surface area (TPSA) is 73.9 Å². The summed E-state index contributed by atoms with van der Waals surface area (Å²) >= 11 is 0. The van der Waals surface area contributed by atoms with E-state index in [9.17, 15) is 9.59 Å². The molecule has 0 aromatic heterocycles. The lowest BCUT2D eigenvalue weighted by Crippen LogP contribution is -2.57. The third-order valence-electron chi connectivity index (χ3n) is 5.45. The molecule has 0 saturated heterocycles. The quantitative estimate of drug-likeness (QED) is 0.725. The first-order valence-electron chi connectivity index (χ1n) is 9.61. The molecule has 0 radical (unpaired) electrons. The molecule has 1 amide bonds. The summed E-state index contributed by atoms with van der Waals surface area (Å²) in [5, 5.41) is 2.96. The SMILES string of the molecule is C/C=C/c1cc(C)c(CC(=O)NC2(C(=O)OC)CCC(OC)CC2)c(OC)c1. The fraction of sp³-hybridized carbons (Fsp3) is 0.545. The summed E-state index contributed by atoms with van der Waals surface area (Å²) in [5.74, 6) is 0.0439. The van der Waals surface area contributed by atoms with Crippen molar-refractivity contribution in [2.45, 2.75) is 57.6 Å². The molecule has 154 valence electrons. The number of methoxy groups -OCH3 is 3. The van der Waals surface area contributed by atoms with Crippen molar-refractivity contribution in [3.8, 4) is 5.75 Å². The highest BCUT2D eigenvalue weighted by molar-refractivity contribution is 5.89. The number of nitrogens with one attached hydrogen (secondary N) is 1. The van der Waals surface area contributed by atoms with E-state index in [-0.39, 0.29) is 18.4 Å². The lowest BCUT2D eigenvalue weighted by Gasteiger charge is -2.38. The number of ether oxygens (including phenoxy) is 3. The smallest absolute Gasteiger partial charge is 0.331 e. The van der Waals surface area contributed by atoms with E-state index >= 15 is 0 Å². The lowest BCUT2D eigenvalue weighted by molar-refractivity contribution is -0.153. The van der Waals surface area contributed by atoms with Gasteiger partial charge in [0.2, 0.25) is 5.91 Å². The zero-order chi connectivity index (χ0) is 20.7. The zero-order valence-corrected chi connectivity index (χ0v) is 17.5. The molecular weight excluding hydrogens is 358 g/mol. The molecular formula is C22H31NO5. The maximum Gasteiger partial charge on any atom is 0.331 e. The molecule has 1 saturated carbocycles. The largest absolute Gasteiger partial charge is 0.496 e. The molecule has 6 nitrogen and oxygen atoms in total. The van der Waals surface area contributed by atoms with Crippen LogP contribution in [-0.4, -0.2) is 44.8 Å². The number of carbonyl (C=O) groups is 2. The van der Waals surface area contributed by atoms with Crippen molar-refractivity contribution >= 4 is 18.0 Å². The number of hydrogen-bond donors (Lipinski definition) is 1. The first kappa shape index (κ1) is 22.0. The van der Waals surface area contributed by atoms with Crippen molar-refractivity contribution in [2.75, 3.05) is 21.3 Å². The Bertz CT molecular complexity index is 733. The van der Waals surface area contributed by atoms with E-state index in [0.29, 0.717) is 31.4 Å². The molecule has 0 heterocycles. The van der Waals surface area contributed by atoms with Crippen LogP contribution < -0.4 is 10.1 Å². The van der Waals surface area contributed by atoms with Gasteiger partial charge < -0.3 is 19.5 Å². The molecule has 28 heavy (non-hydrogen) atoms.